The third kappa shape index (κ3) is 3.34. The number of hydrogen-bond donors (Lipinski definition) is 1. The van der Waals surface area contributed by atoms with Gasteiger partial charge in [0, 0.05) is 18.1 Å². The lowest BCUT2D eigenvalue weighted by molar-refractivity contribution is 0.0787. The zero-order chi connectivity index (χ0) is 15.5. The van der Waals surface area contributed by atoms with Gasteiger partial charge in [-0.3, -0.25) is 4.79 Å². The molecule has 22 heavy (non-hydrogen) atoms. The Morgan fingerprint density at radius 2 is 1.91 bits per heavy atom. The van der Waals surface area contributed by atoms with Gasteiger partial charge in [0.2, 0.25) is 0 Å². The summed E-state index contributed by atoms with van der Waals surface area (Å²) in [5, 5.41) is 4.27. The molecule has 1 amide bonds. The van der Waals surface area contributed by atoms with E-state index in [1.54, 1.807) is 30.5 Å². The summed E-state index contributed by atoms with van der Waals surface area (Å²) in [5.74, 6) is -0.00595. The van der Waals surface area contributed by atoms with Gasteiger partial charge in [0.1, 0.15) is 5.69 Å². The van der Waals surface area contributed by atoms with Gasteiger partial charge in [-0.25, -0.2) is 4.98 Å². The van der Waals surface area contributed by atoms with Gasteiger partial charge in [0.25, 0.3) is 5.91 Å². The van der Waals surface area contributed by atoms with E-state index in [4.69, 9.17) is 23.2 Å². The fourth-order valence-electron chi connectivity index (χ4n) is 2.42. The Hall–Kier alpha value is -1.78. The third-order valence-corrected chi connectivity index (χ3v) is 4.13. The van der Waals surface area contributed by atoms with E-state index in [2.05, 4.69) is 10.3 Å². The summed E-state index contributed by atoms with van der Waals surface area (Å²) >= 11 is 12.0. The van der Waals surface area contributed by atoms with Gasteiger partial charge >= 0.3 is 0 Å². The maximum atomic E-state index is 12.2. The number of aromatic nitrogens is 1. The number of halogens is 2. The van der Waals surface area contributed by atoms with Crippen LogP contribution in [0.3, 0.4) is 0 Å². The monoisotopic (exact) mass is 335 g/mol. The number of amides is 1. The first-order chi connectivity index (χ1) is 10.6. The van der Waals surface area contributed by atoms with Crippen molar-refractivity contribution in [2.75, 3.05) is 18.4 Å². The van der Waals surface area contributed by atoms with Gasteiger partial charge < -0.3 is 10.2 Å². The van der Waals surface area contributed by atoms with E-state index in [0.29, 0.717) is 15.7 Å². The van der Waals surface area contributed by atoms with E-state index in [0.717, 1.165) is 37.3 Å². The van der Waals surface area contributed by atoms with Crippen molar-refractivity contribution in [1.82, 2.24) is 9.88 Å². The predicted molar refractivity (Wildman–Crippen MR) is 89.1 cm³/mol. The lowest BCUT2D eigenvalue weighted by Crippen LogP contribution is -2.28. The SMILES string of the molecule is O=C(c1ccc(Nc2ccc(Cl)cc2Cl)cn1)N1CCCC1. The first-order valence-electron chi connectivity index (χ1n) is 7.11. The van der Waals surface area contributed by atoms with Crippen LogP contribution in [0.25, 0.3) is 0 Å². The molecule has 1 aromatic carbocycles. The van der Waals surface area contributed by atoms with Crippen molar-refractivity contribution in [3.8, 4) is 0 Å². The molecular formula is C16H15Cl2N3O. The second kappa shape index (κ2) is 6.55. The maximum Gasteiger partial charge on any atom is 0.272 e. The summed E-state index contributed by atoms with van der Waals surface area (Å²) in [5.41, 5.74) is 1.98. The van der Waals surface area contributed by atoms with Crippen molar-refractivity contribution in [1.29, 1.82) is 0 Å². The molecule has 0 atom stereocenters. The minimum absolute atomic E-state index is 0.00595. The molecule has 2 heterocycles. The maximum absolute atomic E-state index is 12.2. The largest absolute Gasteiger partial charge is 0.353 e. The Morgan fingerprint density at radius 3 is 2.55 bits per heavy atom. The Morgan fingerprint density at radius 1 is 1.14 bits per heavy atom. The number of anilines is 2. The van der Waals surface area contributed by atoms with Crippen molar-refractivity contribution in [2.24, 2.45) is 0 Å². The van der Waals surface area contributed by atoms with Crippen LogP contribution in [0.5, 0.6) is 0 Å². The summed E-state index contributed by atoms with van der Waals surface area (Å²) in [6, 6.07) is 8.78. The van der Waals surface area contributed by atoms with Crippen molar-refractivity contribution in [3.05, 3.63) is 52.3 Å². The zero-order valence-corrected chi connectivity index (χ0v) is 13.4. The topological polar surface area (TPSA) is 45.2 Å². The van der Waals surface area contributed by atoms with Crippen LogP contribution in [0.1, 0.15) is 23.3 Å². The highest BCUT2D eigenvalue weighted by Crippen LogP contribution is 2.28. The van der Waals surface area contributed by atoms with E-state index >= 15 is 0 Å². The van der Waals surface area contributed by atoms with Crippen molar-refractivity contribution in [2.45, 2.75) is 12.8 Å². The molecular weight excluding hydrogens is 321 g/mol. The first-order valence-corrected chi connectivity index (χ1v) is 7.86. The normalized spacial score (nSPS) is 14.2. The van der Waals surface area contributed by atoms with Crippen LogP contribution in [-0.4, -0.2) is 28.9 Å². The van der Waals surface area contributed by atoms with Gasteiger partial charge in [-0.1, -0.05) is 23.2 Å². The summed E-state index contributed by atoms with van der Waals surface area (Å²) < 4.78 is 0. The Labute approximate surface area is 139 Å². The number of likely N-dealkylation sites (tertiary alicyclic amines) is 1. The lowest BCUT2D eigenvalue weighted by Gasteiger charge is -2.14. The number of rotatable bonds is 3. The summed E-state index contributed by atoms with van der Waals surface area (Å²) in [7, 11) is 0. The second-order valence-corrected chi connectivity index (χ2v) is 6.02. The molecule has 1 aromatic heterocycles. The average Bonchev–Trinajstić information content (AvgIpc) is 3.04. The van der Waals surface area contributed by atoms with Gasteiger partial charge in [-0.2, -0.15) is 0 Å². The van der Waals surface area contributed by atoms with E-state index in [1.165, 1.54) is 0 Å². The van der Waals surface area contributed by atoms with E-state index in [-0.39, 0.29) is 5.91 Å². The number of carbonyl (C=O) groups excluding carboxylic acids is 1. The molecule has 1 saturated heterocycles. The summed E-state index contributed by atoms with van der Waals surface area (Å²) in [4.78, 5) is 18.3. The predicted octanol–water partition coefficient (Wildman–Crippen LogP) is 4.37. The summed E-state index contributed by atoms with van der Waals surface area (Å²) in [6.45, 7) is 1.64. The molecule has 0 radical (unpaired) electrons. The average molecular weight is 336 g/mol. The van der Waals surface area contributed by atoms with Crippen LogP contribution >= 0.6 is 23.2 Å². The fourth-order valence-corrected chi connectivity index (χ4v) is 2.88. The van der Waals surface area contributed by atoms with Crippen LogP contribution in [0, 0.1) is 0 Å². The van der Waals surface area contributed by atoms with E-state index in [9.17, 15) is 4.79 Å². The molecule has 0 aliphatic carbocycles. The number of carbonyl (C=O) groups is 1. The van der Waals surface area contributed by atoms with Crippen LogP contribution in [0.15, 0.2) is 36.5 Å². The Bertz CT molecular complexity index is 682. The molecule has 0 bridgehead atoms. The molecule has 1 fully saturated rings. The molecule has 4 nitrogen and oxygen atoms in total. The standard InChI is InChI=1S/C16H15Cl2N3O/c17-11-3-5-14(13(18)9-11)20-12-4-6-15(19-10-12)16(22)21-7-1-2-8-21/h3-6,9-10,20H,1-2,7-8H2. The fraction of sp³-hybridized carbons (Fsp3) is 0.250. The number of nitrogens with zero attached hydrogens (tertiary/aromatic N) is 2. The molecule has 2 aromatic rings. The molecule has 6 heteroatoms. The molecule has 0 spiro atoms. The van der Waals surface area contributed by atoms with Gasteiger partial charge in [0.05, 0.1) is 22.6 Å². The second-order valence-electron chi connectivity index (χ2n) is 5.18. The van der Waals surface area contributed by atoms with E-state index < -0.39 is 0 Å². The Kier molecular flexibility index (Phi) is 4.50. The molecule has 1 aliphatic heterocycles. The van der Waals surface area contributed by atoms with Gasteiger partial charge in [-0.15, -0.1) is 0 Å². The quantitative estimate of drug-likeness (QED) is 0.905. The highest BCUT2D eigenvalue weighted by molar-refractivity contribution is 6.36. The molecule has 1 aliphatic rings. The number of hydrogen-bond acceptors (Lipinski definition) is 3. The molecule has 1 N–H and O–H groups in total. The van der Waals surface area contributed by atoms with Crippen molar-refractivity contribution < 1.29 is 4.79 Å². The number of benzene rings is 1. The molecule has 0 unspecified atom stereocenters. The van der Waals surface area contributed by atoms with Crippen molar-refractivity contribution >= 4 is 40.5 Å². The summed E-state index contributed by atoms with van der Waals surface area (Å²) in [6.07, 6.45) is 3.77. The van der Waals surface area contributed by atoms with Gasteiger partial charge in [0.15, 0.2) is 0 Å². The highest BCUT2D eigenvalue weighted by atomic mass is 35.5. The molecule has 114 valence electrons. The van der Waals surface area contributed by atoms with Crippen molar-refractivity contribution in [3.63, 3.8) is 0 Å². The molecule has 0 saturated carbocycles. The Balaban J connectivity index is 1.72. The zero-order valence-electron chi connectivity index (χ0n) is 11.9. The number of nitrogens with one attached hydrogen (secondary N) is 1. The van der Waals surface area contributed by atoms with Crippen LogP contribution in [0.2, 0.25) is 10.0 Å². The third-order valence-electron chi connectivity index (χ3n) is 3.59. The minimum Gasteiger partial charge on any atom is -0.353 e. The molecule has 3 rings (SSSR count). The van der Waals surface area contributed by atoms with Gasteiger partial charge in [-0.05, 0) is 43.2 Å². The number of pyridine rings is 1. The highest BCUT2D eigenvalue weighted by Gasteiger charge is 2.20. The van der Waals surface area contributed by atoms with Crippen LogP contribution in [-0.2, 0) is 0 Å². The first kappa shape index (κ1) is 15.1. The van der Waals surface area contributed by atoms with E-state index in [1.807, 2.05) is 11.0 Å². The lowest BCUT2D eigenvalue weighted by atomic mass is 10.2. The van der Waals surface area contributed by atoms with Crippen LogP contribution in [0.4, 0.5) is 11.4 Å². The smallest absolute Gasteiger partial charge is 0.272 e. The van der Waals surface area contributed by atoms with Crippen LogP contribution < -0.4 is 5.32 Å². The minimum atomic E-state index is -0.00595.